The van der Waals surface area contributed by atoms with E-state index in [2.05, 4.69) is 0 Å². The molecular formula is C15H20ClNO3S. The van der Waals surface area contributed by atoms with Crippen molar-refractivity contribution >= 4 is 25.6 Å². The Balaban J connectivity index is 2.37. The van der Waals surface area contributed by atoms with E-state index in [1.165, 1.54) is 6.07 Å². The molecule has 1 saturated carbocycles. The average molecular weight is 330 g/mol. The van der Waals surface area contributed by atoms with Gasteiger partial charge in [0, 0.05) is 23.8 Å². The van der Waals surface area contributed by atoms with Crippen LogP contribution in [-0.4, -0.2) is 32.3 Å². The van der Waals surface area contributed by atoms with Gasteiger partial charge in [0.05, 0.1) is 10.5 Å². The number of amides is 1. The van der Waals surface area contributed by atoms with Gasteiger partial charge in [-0.3, -0.25) is 4.79 Å². The highest BCUT2D eigenvalue weighted by molar-refractivity contribution is 8.13. The largest absolute Gasteiger partial charge is 0.338 e. The first kappa shape index (κ1) is 16.3. The first-order chi connectivity index (χ1) is 9.82. The van der Waals surface area contributed by atoms with Crippen LogP contribution in [0.4, 0.5) is 0 Å². The van der Waals surface area contributed by atoms with Crippen LogP contribution in [0.5, 0.6) is 0 Å². The number of nitrogens with zero attached hydrogens (tertiary/aromatic N) is 1. The minimum absolute atomic E-state index is 0.100. The zero-order valence-corrected chi connectivity index (χ0v) is 13.9. The van der Waals surface area contributed by atoms with Crippen LogP contribution in [0.1, 0.15) is 42.1 Å². The topological polar surface area (TPSA) is 54.5 Å². The molecule has 0 atom stereocenters. The van der Waals surface area contributed by atoms with Gasteiger partial charge in [-0.2, -0.15) is 0 Å². The zero-order chi connectivity index (χ0) is 15.6. The minimum Gasteiger partial charge on any atom is -0.338 e. The smallest absolute Gasteiger partial charge is 0.262 e. The predicted molar refractivity (Wildman–Crippen MR) is 83.1 cm³/mol. The molecule has 1 aromatic carbocycles. The third-order valence-electron chi connectivity index (χ3n) is 3.58. The Labute approximate surface area is 130 Å². The molecule has 0 aromatic heterocycles. The van der Waals surface area contributed by atoms with Crippen molar-refractivity contribution in [2.75, 3.05) is 13.1 Å². The molecule has 4 nitrogen and oxygen atoms in total. The summed E-state index contributed by atoms with van der Waals surface area (Å²) in [6.45, 7) is 5.16. The van der Waals surface area contributed by atoms with Gasteiger partial charge >= 0.3 is 0 Å². The molecule has 1 amide bonds. The molecule has 0 spiro atoms. The summed E-state index contributed by atoms with van der Waals surface area (Å²) in [7, 11) is 1.53. The van der Waals surface area contributed by atoms with Gasteiger partial charge < -0.3 is 4.90 Å². The minimum atomic E-state index is -3.93. The molecule has 2 rings (SSSR count). The molecule has 1 aliphatic rings. The highest BCUT2D eigenvalue weighted by Crippen LogP contribution is 2.31. The van der Waals surface area contributed by atoms with Crippen LogP contribution in [0.15, 0.2) is 23.1 Å². The lowest BCUT2D eigenvalue weighted by Crippen LogP contribution is -2.34. The van der Waals surface area contributed by atoms with Gasteiger partial charge in [-0.15, -0.1) is 0 Å². The fourth-order valence-corrected chi connectivity index (χ4v) is 3.39. The van der Waals surface area contributed by atoms with Gasteiger partial charge in [-0.1, -0.05) is 18.6 Å². The summed E-state index contributed by atoms with van der Waals surface area (Å²) in [5.74, 6) is 0.313. The third-order valence-corrected chi connectivity index (χ3v) is 4.96. The second-order valence-corrected chi connectivity index (χ2v) is 8.17. The van der Waals surface area contributed by atoms with E-state index in [4.69, 9.17) is 10.7 Å². The maximum atomic E-state index is 12.7. The standard InChI is InChI=1S/C15H20ClNO3S/c1-3-8-17(10-12-5-6-12)15(18)13-9-11(2)4-7-14(13)21(16,19)20/h4,7,9,12H,3,5-6,8,10H2,1-2H3. The number of carbonyl (C=O) groups is 1. The van der Waals surface area contributed by atoms with Crippen LogP contribution < -0.4 is 0 Å². The van der Waals surface area contributed by atoms with E-state index in [0.29, 0.717) is 19.0 Å². The van der Waals surface area contributed by atoms with E-state index in [9.17, 15) is 13.2 Å². The van der Waals surface area contributed by atoms with Gasteiger partial charge in [0.15, 0.2) is 0 Å². The van der Waals surface area contributed by atoms with E-state index in [1.54, 1.807) is 17.0 Å². The van der Waals surface area contributed by atoms with E-state index >= 15 is 0 Å². The van der Waals surface area contributed by atoms with Gasteiger partial charge in [0.25, 0.3) is 15.0 Å². The van der Waals surface area contributed by atoms with Crippen molar-refractivity contribution in [2.45, 2.75) is 38.0 Å². The first-order valence-corrected chi connectivity index (χ1v) is 9.48. The Morgan fingerprint density at radius 2 is 2.05 bits per heavy atom. The number of hydrogen-bond donors (Lipinski definition) is 0. The van der Waals surface area contributed by atoms with Crippen LogP contribution >= 0.6 is 10.7 Å². The Bertz CT molecular complexity index is 638. The molecule has 6 heteroatoms. The maximum absolute atomic E-state index is 12.7. The lowest BCUT2D eigenvalue weighted by Gasteiger charge is -2.23. The van der Waals surface area contributed by atoms with Crippen molar-refractivity contribution in [1.82, 2.24) is 4.90 Å². The molecule has 1 aromatic rings. The molecule has 0 radical (unpaired) electrons. The quantitative estimate of drug-likeness (QED) is 0.753. The Morgan fingerprint density at radius 1 is 1.38 bits per heavy atom. The van der Waals surface area contributed by atoms with Crippen molar-refractivity contribution in [3.63, 3.8) is 0 Å². The van der Waals surface area contributed by atoms with Gasteiger partial charge in [-0.05, 0) is 44.2 Å². The predicted octanol–water partition coefficient (Wildman–Crippen LogP) is 3.18. The van der Waals surface area contributed by atoms with Gasteiger partial charge in [-0.25, -0.2) is 8.42 Å². The highest BCUT2D eigenvalue weighted by Gasteiger charge is 2.29. The van der Waals surface area contributed by atoms with Crippen molar-refractivity contribution < 1.29 is 13.2 Å². The fourth-order valence-electron chi connectivity index (χ4n) is 2.35. The number of halogens is 1. The summed E-state index contributed by atoms with van der Waals surface area (Å²) >= 11 is 0. The summed E-state index contributed by atoms with van der Waals surface area (Å²) in [6, 6.07) is 4.66. The highest BCUT2D eigenvalue weighted by atomic mass is 35.7. The molecular weight excluding hydrogens is 310 g/mol. The van der Waals surface area contributed by atoms with Crippen molar-refractivity contribution in [3.05, 3.63) is 29.3 Å². The average Bonchev–Trinajstić information content (AvgIpc) is 3.20. The van der Waals surface area contributed by atoms with Crippen LogP contribution in [0.25, 0.3) is 0 Å². The van der Waals surface area contributed by atoms with E-state index in [0.717, 1.165) is 24.8 Å². The van der Waals surface area contributed by atoms with E-state index in [-0.39, 0.29) is 16.4 Å². The summed E-state index contributed by atoms with van der Waals surface area (Å²) in [5, 5.41) is 0. The monoisotopic (exact) mass is 329 g/mol. The molecule has 0 bridgehead atoms. The maximum Gasteiger partial charge on any atom is 0.262 e. The molecule has 0 heterocycles. The zero-order valence-electron chi connectivity index (χ0n) is 12.3. The molecule has 0 aliphatic heterocycles. The van der Waals surface area contributed by atoms with Crippen LogP contribution in [0, 0.1) is 12.8 Å². The molecule has 0 saturated heterocycles. The summed E-state index contributed by atoms with van der Waals surface area (Å²) in [4.78, 5) is 14.4. The summed E-state index contributed by atoms with van der Waals surface area (Å²) < 4.78 is 23.4. The van der Waals surface area contributed by atoms with E-state index < -0.39 is 9.05 Å². The Morgan fingerprint density at radius 3 is 2.57 bits per heavy atom. The van der Waals surface area contributed by atoms with Crippen LogP contribution in [0.2, 0.25) is 0 Å². The van der Waals surface area contributed by atoms with Crippen molar-refractivity contribution in [2.24, 2.45) is 5.92 Å². The number of carbonyl (C=O) groups excluding carboxylic acids is 1. The van der Waals surface area contributed by atoms with Crippen LogP contribution in [0.3, 0.4) is 0 Å². The number of aryl methyl sites for hydroxylation is 1. The summed E-state index contributed by atoms with van der Waals surface area (Å²) in [6.07, 6.45) is 3.12. The third kappa shape index (κ3) is 4.20. The van der Waals surface area contributed by atoms with Crippen molar-refractivity contribution in [3.8, 4) is 0 Å². The first-order valence-electron chi connectivity index (χ1n) is 7.17. The van der Waals surface area contributed by atoms with Gasteiger partial charge in [0.2, 0.25) is 0 Å². The molecule has 0 N–H and O–H groups in total. The number of benzene rings is 1. The second kappa shape index (κ2) is 6.36. The molecule has 0 unspecified atom stereocenters. The molecule has 1 fully saturated rings. The lowest BCUT2D eigenvalue weighted by molar-refractivity contribution is 0.0744. The normalized spacial score (nSPS) is 15.0. The molecule has 1 aliphatic carbocycles. The fraction of sp³-hybridized carbons (Fsp3) is 0.533. The Kier molecular flexibility index (Phi) is 4.94. The molecule has 21 heavy (non-hydrogen) atoms. The SMILES string of the molecule is CCCN(CC1CC1)C(=O)c1cc(C)ccc1S(=O)(=O)Cl. The van der Waals surface area contributed by atoms with Crippen molar-refractivity contribution in [1.29, 1.82) is 0 Å². The Hall–Kier alpha value is -1.07. The number of hydrogen-bond acceptors (Lipinski definition) is 3. The lowest BCUT2D eigenvalue weighted by atomic mass is 10.1. The second-order valence-electron chi connectivity index (χ2n) is 5.63. The van der Waals surface area contributed by atoms with Crippen LogP contribution in [-0.2, 0) is 9.05 Å². The number of rotatable bonds is 6. The van der Waals surface area contributed by atoms with Gasteiger partial charge in [0.1, 0.15) is 0 Å². The van der Waals surface area contributed by atoms with E-state index in [1.807, 2.05) is 13.8 Å². The molecule has 116 valence electrons. The summed E-state index contributed by atoms with van der Waals surface area (Å²) in [5.41, 5.74) is 1.02.